The molecular formula is C21H30BrN3O3. The monoisotopic (exact) mass is 451 g/mol. The Bertz CT molecular complexity index is 826. The fourth-order valence-corrected chi connectivity index (χ4v) is 3.58. The molecule has 0 aliphatic heterocycles. The number of esters is 1. The number of amides is 1. The van der Waals surface area contributed by atoms with Gasteiger partial charge in [0, 0.05) is 10.9 Å². The van der Waals surface area contributed by atoms with E-state index >= 15 is 0 Å². The zero-order chi connectivity index (χ0) is 20.9. The van der Waals surface area contributed by atoms with Crippen molar-refractivity contribution in [2.45, 2.75) is 71.1 Å². The highest BCUT2D eigenvalue weighted by Crippen LogP contribution is 2.27. The number of benzene rings is 1. The highest BCUT2D eigenvalue weighted by Gasteiger charge is 2.28. The predicted molar refractivity (Wildman–Crippen MR) is 115 cm³/mol. The Hall–Kier alpha value is -1.86. The number of fused-ring (bicyclic) bond motifs is 1. The fourth-order valence-electron chi connectivity index (χ4n) is 2.99. The van der Waals surface area contributed by atoms with Crippen LogP contribution in [0.4, 0.5) is 0 Å². The van der Waals surface area contributed by atoms with Crippen molar-refractivity contribution in [3.63, 3.8) is 0 Å². The molecule has 0 fully saturated rings. The van der Waals surface area contributed by atoms with Crippen molar-refractivity contribution in [3.8, 4) is 0 Å². The van der Waals surface area contributed by atoms with Gasteiger partial charge in [0.05, 0.1) is 10.6 Å². The maximum atomic E-state index is 12.7. The summed E-state index contributed by atoms with van der Waals surface area (Å²) in [5.41, 5.74) is 7.49. The number of hydrogen-bond donors (Lipinski definition) is 3. The molecule has 0 spiro atoms. The van der Waals surface area contributed by atoms with Crippen LogP contribution < -0.4 is 11.1 Å². The van der Waals surface area contributed by atoms with Crippen molar-refractivity contribution in [1.82, 2.24) is 10.3 Å². The molecule has 2 aromatic rings. The summed E-state index contributed by atoms with van der Waals surface area (Å²) >= 11 is 3.51. The van der Waals surface area contributed by atoms with Crippen LogP contribution in [0.25, 0.3) is 10.9 Å². The average molecular weight is 452 g/mol. The van der Waals surface area contributed by atoms with E-state index in [9.17, 15) is 9.59 Å². The molecule has 4 N–H and O–H groups in total. The second-order valence-corrected chi connectivity index (χ2v) is 8.80. The lowest BCUT2D eigenvalue weighted by Crippen LogP contribution is -2.50. The summed E-state index contributed by atoms with van der Waals surface area (Å²) in [6, 6.07) is 6.38. The topological polar surface area (TPSA) is 97.2 Å². The highest BCUT2D eigenvalue weighted by molar-refractivity contribution is 9.10. The zero-order valence-corrected chi connectivity index (χ0v) is 18.6. The number of carbonyl (C=O) groups is 2. The number of aromatic amines is 1. The van der Waals surface area contributed by atoms with E-state index in [1.54, 1.807) is 0 Å². The molecular weight excluding hydrogens is 422 g/mol. The van der Waals surface area contributed by atoms with Crippen molar-refractivity contribution in [2.75, 3.05) is 0 Å². The molecule has 2 atom stereocenters. The van der Waals surface area contributed by atoms with E-state index in [0.29, 0.717) is 12.8 Å². The molecule has 0 aliphatic carbocycles. The number of rotatable bonds is 8. The second-order valence-electron chi connectivity index (χ2n) is 8.01. The van der Waals surface area contributed by atoms with E-state index in [-0.39, 0.29) is 5.91 Å². The third-order valence-electron chi connectivity index (χ3n) is 4.38. The number of nitrogens with one attached hydrogen (secondary N) is 2. The summed E-state index contributed by atoms with van der Waals surface area (Å²) in [6.07, 6.45) is 2.61. The molecule has 0 saturated heterocycles. The summed E-state index contributed by atoms with van der Waals surface area (Å²) in [5, 5.41) is 3.81. The van der Waals surface area contributed by atoms with E-state index < -0.39 is 23.7 Å². The Morgan fingerprint density at radius 3 is 2.61 bits per heavy atom. The lowest BCUT2D eigenvalue weighted by atomic mass is 10.0. The Morgan fingerprint density at radius 1 is 1.29 bits per heavy atom. The Kier molecular flexibility index (Phi) is 7.66. The van der Waals surface area contributed by atoms with Gasteiger partial charge in [-0.2, -0.15) is 0 Å². The summed E-state index contributed by atoms with van der Waals surface area (Å²) in [6.45, 7) is 7.46. The first-order valence-electron chi connectivity index (χ1n) is 9.66. The number of para-hydroxylation sites is 1. The summed E-state index contributed by atoms with van der Waals surface area (Å²) in [4.78, 5) is 28.4. The minimum absolute atomic E-state index is 0.352. The standard InChI is InChI=1S/C21H30BrN3O3/c1-5-6-10-17(20(27)28-21(2,3)4)25-19(26)15(23)12-14-13-9-7-8-11-16(13)24-18(14)22/h7-9,11,15,17,24H,5-6,10,12,23H2,1-4H3,(H,25,26)/t15-,17-/m1/s1. The van der Waals surface area contributed by atoms with Gasteiger partial charge in [-0.25, -0.2) is 4.79 Å². The van der Waals surface area contributed by atoms with Gasteiger partial charge in [0.1, 0.15) is 11.6 Å². The van der Waals surface area contributed by atoms with Crippen LogP contribution in [-0.2, 0) is 20.7 Å². The predicted octanol–water partition coefficient (Wildman–Crippen LogP) is 3.82. The first kappa shape index (κ1) is 22.4. The van der Waals surface area contributed by atoms with E-state index in [1.165, 1.54) is 0 Å². The van der Waals surface area contributed by atoms with Crippen LogP contribution in [-0.4, -0.2) is 34.5 Å². The van der Waals surface area contributed by atoms with Crippen molar-refractivity contribution < 1.29 is 14.3 Å². The number of H-pyrrole nitrogens is 1. The number of halogens is 1. The molecule has 1 amide bonds. The van der Waals surface area contributed by atoms with Crippen LogP contribution in [0.15, 0.2) is 28.9 Å². The van der Waals surface area contributed by atoms with Crippen molar-refractivity contribution >= 4 is 38.7 Å². The molecule has 0 unspecified atom stereocenters. The smallest absolute Gasteiger partial charge is 0.329 e. The molecule has 0 saturated carbocycles. The van der Waals surface area contributed by atoms with Gasteiger partial charge in [0.15, 0.2) is 0 Å². The van der Waals surface area contributed by atoms with Crippen molar-refractivity contribution in [3.05, 3.63) is 34.4 Å². The van der Waals surface area contributed by atoms with Crippen LogP contribution in [0.3, 0.4) is 0 Å². The molecule has 28 heavy (non-hydrogen) atoms. The van der Waals surface area contributed by atoms with Gasteiger partial charge < -0.3 is 20.8 Å². The van der Waals surface area contributed by atoms with Gasteiger partial charge in [-0.05, 0) is 61.2 Å². The van der Waals surface area contributed by atoms with Crippen LogP contribution in [0.1, 0.15) is 52.5 Å². The van der Waals surface area contributed by atoms with Gasteiger partial charge >= 0.3 is 5.97 Å². The van der Waals surface area contributed by atoms with Gasteiger partial charge in [-0.15, -0.1) is 0 Å². The van der Waals surface area contributed by atoms with Crippen LogP contribution in [0, 0.1) is 0 Å². The van der Waals surface area contributed by atoms with Crippen LogP contribution >= 0.6 is 15.9 Å². The van der Waals surface area contributed by atoms with E-state index in [2.05, 4.69) is 26.2 Å². The molecule has 1 aromatic heterocycles. The number of carbonyl (C=O) groups excluding carboxylic acids is 2. The molecule has 1 heterocycles. The molecule has 7 heteroatoms. The number of unbranched alkanes of at least 4 members (excludes halogenated alkanes) is 1. The number of aromatic nitrogens is 1. The average Bonchev–Trinajstić information content (AvgIpc) is 2.92. The van der Waals surface area contributed by atoms with Crippen LogP contribution in [0.5, 0.6) is 0 Å². The largest absolute Gasteiger partial charge is 0.458 e. The minimum atomic E-state index is -0.776. The number of ether oxygens (including phenoxy) is 1. The van der Waals surface area contributed by atoms with Gasteiger partial charge in [-0.1, -0.05) is 38.0 Å². The van der Waals surface area contributed by atoms with Gasteiger partial charge in [0.25, 0.3) is 0 Å². The lowest BCUT2D eigenvalue weighted by molar-refractivity contribution is -0.159. The van der Waals surface area contributed by atoms with Crippen LogP contribution in [0.2, 0.25) is 0 Å². The van der Waals surface area contributed by atoms with E-state index in [1.807, 2.05) is 52.0 Å². The summed E-state index contributed by atoms with van der Waals surface area (Å²) < 4.78 is 6.26. The molecule has 1 aromatic carbocycles. The number of hydrogen-bond acceptors (Lipinski definition) is 4. The molecule has 0 aliphatic rings. The minimum Gasteiger partial charge on any atom is -0.458 e. The molecule has 0 radical (unpaired) electrons. The highest BCUT2D eigenvalue weighted by atomic mass is 79.9. The summed E-state index contributed by atoms with van der Waals surface area (Å²) in [5.74, 6) is -0.779. The second kappa shape index (κ2) is 9.56. The third-order valence-corrected chi connectivity index (χ3v) is 5.05. The lowest BCUT2D eigenvalue weighted by Gasteiger charge is -2.25. The molecule has 2 rings (SSSR count). The fraction of sp³-hybridized carbons (Fsp3) is 0.524. The molecule has 0 bridgehead atoms. The van der Waals surface area contributed by atoms with Crippen molar-refractivity contribution in [2.24, 2.45) is 5.73 Å². The van der Waals surface area contributed by atoms with Crippen molar-refractivity contribution in [1.29, 1.82) is 0 Å². The molecule has 6 nitrogen and oxygen atoms in total. The van der Waals surface area contributed by atoms with Gasteiger partial charge in [0.2, 0.25) is 5.91 Å². The zero-order valence-electron chi connectivity index (χ0n) is 17.0. The Balaban J connectivity index is 2.09. The Morgan fingerprint density at radius 2 is 1.96 bits per heavy atom. The quantitative estimate of drug-likeness (QED) is 0.531. The molecule has 154 valence electrons. The normalized spacial score (nSPS) is 13.9. The van der Waals surface area contributed by atoms with E-state index in [0.717, 1.165) is 33.9 Å². The first-order chi connectivity index (χ1) is 13.1. The van der Waals surface area contributed by atoms with E-state index in [4.69, 9.17) is 10.5 Å². The SMILES string of the molecule is CCCC[C@@H](NC(=O)[C@H](N)Cc1c(Br)[nH]c2ccccc12)C(=O)OC(C)(C)C. The van der Waals surface area contributed by atoms with Gasteiger partial charge in [-0.3, -0.25) is 4.79 Å². The summed E-state index contributed by atoms with van der Waals surface area (Å²) in [7, 11) is 0. The maximum absolute atomic E-state index is 12.7. The maximum Gasteiger partial charge on any atom is 0.329 e. The Labute approximate surface area is 174 Å². The first-order valence-corrected chi connectivity index (χ1v) is 10.5. The number of nitrogens with two attached hydrogens (primary N) is 1. The third kappa shape index (κ3) is 6.07.